The molecule has 0 saturated carbocycles. The topological polar surface area (TPSA) is 72.6 Å². The summed E-state index contributed by atoms with van der Waals surface area (Å²) in [6, 6.07) is 9.84. The van der Waals surface area contributed by atoms with Crippen molar-refractivity contribution in [2.24, 2.45) is 0 Å². The fourth-order valence-electron chi connectivity index (χ4n) is 1.91. The van der Waals surface area contributed by atoms with Gasteiger partial charge >= 0.3 is 0 Å². The Balaban J connectivity index is 2.52. The van der Waals surface area contributed by atoms with Crippen LogP contribution in [0.1, 0.15) is 0 Å². The first-order valence-electron chi connectivity index (χ1n) is 6.04. The Hall–Kier alpha value is -2.28. The van der Waals surface area contributed by atoms with E-state index in [1.54, 1.807) is 24.3 Å². The van der Waals surface area contributed by atoms with Crippen LogP contribution >= 0.6 is 0 Å². The molecular formula is C14H15FN2O3S. The first-order chi connectivity index (χ1) is 9.86. The van der Waals surface area contributed by atoms with Crippen molar-refractivity contribution >= 4 is 21.4 Å². The van der Waals surface area contributed by atoms with Gasteiger partial charge in [-0.3, -0.25) is 4.31 Å². The third kappa shape index (κ3) is 2.92. The summed E-state index contributed by atoms with van der Waals surface area (Å²) in [5, 5.41) is 0. The van der Waals surface area contributed by atoms with Crippen molar-refractivity contribution in [1.82, 2.24) is 0 Å². The molecule has 0 fully saturated rings. The normalized spacial score (nSPS) is 11.2. The minimum absolute atomic E-state index is 0.0435. The number of hydrogen-bond acceptors (Lipinski definition) is 4. The number of nitrogens with zero attached hydrogens (tertiary/aromatic N) is 1. The Labute approximate surface area is 122 Å². The summed E-state index contributed by atoms with van der Waals surface area (Å²) in [4.78, 5) is -0.214. The summed E-state index contributed by atoms with van der Waals surface area (Å²) in [5.74, 6) is -0.310. The fraction of sp³-hybridized carbons (Fsp3) is 0.143. The third-order valence-electron chi connectivity index (χ3n) is 2.98. The van der Waals surface area contributed by atoms with Gasteiger partial charge in [-0.25, -0.2) is 12.8 Å². The second kappa shape index (κ2) is 5.61. The molecule has 0 saturated heterocycles. The Morgan fingerprint density at radius 3 is 2.48 bits per heavy atom. The highest BCUT2D eigenvalue weighted by atomic mass is 32.2. The smallest absolute Gasteiger partial charge is 0.264 e. The molecule has 112 valence electrons. The van der Waals surface area contributed by atoms with Gasteiger partial charge in [-0.15, -0.1) is 0 Å². The minimum Gasteiger partial charge on any atom is -0.495 e. The van der Waals surface area contributed by atoms with Crippen molar-refractivity contribution < 1.29 is 17.5 Å². The number of methoxy groups -OCH3 is 1. The zero-order valence-corrected chi connectivity index (χ0v) is 12.4. The molecule has 0 amide bonds. The maximum Gasteiger partial charge on any atom is 0.264 e. The average Bonchev–Trinajstić information content (AvgIpc) is 2.45. The summed E-state index contributed by atoms with van der Waals surface area (Å²) < 4.78 is 44.7. The van der Waals surface area contributed by atoms with E-state index < -0.39 is 15.8 Å². The largest absolute Gasteiger partial charge is 0.495 e. The van der Waals surface area contributed by atoms with Gasteiger partial charge in [0.2, 0.25) is 0 Å². The molecule has 2 aromatic rings. The summed E-state index contributed by atoms with van der Waals surface area (Å²) in [5.41, 5.74) is 5.90. The van der Waals surface area contributed by atoms with Gasteiger partial charge in [0.1, 0.15) is 11.6 Å². The van der Waals surface area contributed by atoms with Crippen LogP contribution in [-0.4, -0.2) is 22.6 Å². The van der Waals surface area contributed by atoms with E-state index >= 15 is 0 Å². The maximum absolute atomic E-state index is 13.4. The van der Waals surface area contributed by atoms with Gasteiger partial charge in [0.15, 0.2) is 0 Å². The third-order valence-corrected chi connectivity index (χ3v) is 4.73. The predicted molar refractivity (Wildman–Crippen MR) is 79.4 cm³/mol. The number of ether oxygens (including phenoxy) is 1. The molecule has 2 N–H and O–H groups in total. The monoisotopic (exact) mass is 310 g/mol. The van der Waals surface area contributed by atoms with E-state index in [0.717, 1.165) is 16.4 Å². The SMILES string of the molecule is COc1ccccc1N(C)S(=O)(=O)c1cc(N)cc(F)c1. The molecule has 0 aliphatic heterocycles. The zero-order chi connectivity index (χ0) is 15.6. The number of para-hydroxylation sites is 2. The summed E-state index contributed by atoms with van der Waals surface area (Å²) >= 11 is 0. The van der Waals surface area contributed by atoms with E-state index in [1.165, 1.54) is 20.2 Å². The van der Waals surface area contributed by atoms with Crippen molar-refractivity contribution in [2.75, 3.05) is 24.2 Å². The number of nitrogens with two attached hydrogens (primary N) is 1. The Kier molecular flexibility index (Phi) is 4.04. The lowest BCUT2D eigenvalue weighted by molar-refractivity contribution is 0.416. The van der Waals surface area contributed by atoms with Crippen LogP contribution in [0.4, 0.5) is 15.8 Å². The molecule has 0 spiro atoms. The molecule has 0 bridgehead atoms. The van der Waals surface area contributed by atoms with E-state index in [4.69, 9.17) is 10.5 Å². The first kappa shape index (κ1) is 15.1. The molecule has 2 aromatic carbocycles. The van der Waals surface area contributed by atoms with Crippen LogP contribution in [0.3, 0.4) is 0 Å². The quantitative estimate of drug-likeness (QED) is 0.879. The van der Waals surface area contributed by atoms with Crippen LogP contribution in [-0.2, 0) is 10.0 Å². The van der Waals surface area contributed by atoms with Gasteiger partial charge in [-0.05, 0) is 30.3 Å². The lowest BCUT2D eigenvalue weighted by atomic mass is 10.3. The lowest BCUT2D eigenvalue weighted by Crippen LogP contribution is -2.27. The van der Waals surface area contributed by atoms with Crippen molar-refractivity contribution in [2.45, 2.75) is 4.90 Å². The highest BCUT2D eigenvalue weighted by Gasteiger charge is 2.24. The molecule has 0 aromatic heterocycles. The highest BCUT2D eigenvalue weighted by Crippen LogP contribution is 2.31. The van der Waals surface area contributed by atoms with Crippen LogP contribution in [0.2, 0.25) is 0 Å². The highest BCUT2D eigenvalue weighted by molar-refractivity contribution is 7.92. The van der Waals surface area contributed by atoms with Crippen LogP contribution in [0, 0.1) is 5.82 Å². The molecule has 0 aliphatic rings. The maximum atomic E-state index is 13.4. The number of nitrogen functional groups attached to an aromatic ring is 1. The van der Waals surface area contributed by atoms with Crippen LogP contribution in [0.5, 0.6) is 5.75 Å². The molecule has 5 nitrogen and oxygen atoms in total. The molecular weight excluding hydrogens is 295 g/mol. The van der Waals surface area contributed by atoms with Crippen molar-refractivity contribution in [3.63, 3.8) is 0 Å². The molecule has 7 heteroatoms. The van der Waals surface area contributed by atoms with E-state index in [0.29, 0.717) is 11.4 Å². The van der Waals surface area contributed by atoms with Gasteiger partial charge in [-0.1, -0.05) is 12.1 Å². The number of anilines is 2. The van der Waals surface area contributed by atoms with Crippen molar-refractivity contribution in [3.05, 3.63) is 48.3 Å². The molecule has 0 heterocycles. The molecule has 0 unspecified atom stereocenters. The predicted octanol–water partition coefficient (Wildman–Crippen LogP) is 2.24. The van der Waals surface area contributed by atoms with E-state index in [2.05, 4.69) is 0 Å². The van der Waals surface area contributed by atoms with Crippen LogP contribution < -0.4 is 14.8 Å². The molecule has 0 atom stereocenters. The van der Waals surface area contributed by atoms with Crippen molar-refractivity contribution in [1.29, 1.82) is 0 Å². The molecule has 21 heavy (non-hydrogen) atoms. The summed E-state index contributed by atoms with van der Waals surface area (Å²) in [6.45, 7) is 0. The average molecular weight is 310 g/mol. The minimum atomic E-state index is -3.94. The summed E-state index contributed by atoms with van der Waals surface area (Å²) in [7, 11) is -1.12. The fourth-order valence-corrected chi connectivity index (χ4v) is 3.18. The van der Waals surface area contributed by atoms with Gasteiger partial charge in [0, 0.05) is 12.7 Å². The van der Waals surface area contributed by atoms with E-state index in [9.17, 15) is 12.8 Å². The van der Waals surface area contributed by atoms with Gasteiger partial charge < -0.3 is 10.5 Å². The molecule has 0 radical (unpaired) electrons. The second-order valence-electron chi connectivity index (χ2n) is 4.36. The van der Waals surface area contributed by atoms with Gasteiger partial charge in [-0.2, -0.15) is 0 Å². The number of benzene rings is 2. The van der Waals surface area contributed by atoms with Crippen LogP contribution in [0.15, 0.2) is 47.4 Å². The molecule has 0 aliphatic carbocycles. The lowest BCUT2D eigenvalue weighted by Gasteiger charge is -2.21. The number of halogens is 1. The number of rotatable bonds is 4. The zero-order valence-electron chi connectivity index (χ0n) is 11.6. The standard InChI is InChI=1S/C14H15FN2O3S/c1-17(13-5-3-4-6-14(13)20-2)21(18,19)12-8-10(15)7-11(16)9-12/h3-9H,16H2,1-2H3. The van der Waals surface area contributed by atoms with E-state index in [1.807, 2.05) is 0 Å². The Morgan fingerprint density at radius 2 is 1.86 bits per heavy atom. The Morgan fingerprint density at radius 1 is 1.19 bits per heavy atom. The van der Waals surface area contributed by atoms with Crippen molar-refractivity contribution in [3.8, 4) is 5.75 Å². The number of hydrogen-bond donors (Lipinski definition) is 1. The second-order valence-corrected chi connectivity index (χ2v) is 6.33. The first-order valence-corrected chi connectivity index (χ1v) is 7.48. The number of sulfonamides is 1. The van der Waals surface area contributed by atoms with Crippen LogP contribution in [0.25, 0.3) is 0 Å². The van der Waals surface area contributed by atoms with Gasteiger partial charge in [0.05, 0.1) is 17.7 Å². The Bertz CT molecular complexity index is 742. The summed E-state index contributed by atoms with van der Waals surface area (Å²) in [6.07, 6.45) is 0. The van der Waals surface area contributed by atoms with E-state index in [-0.39, 0.29) is 10.6 Å². The molecule has 2 rings (SSSR count). The van der Waals surface area contributed by atoms with Gasteiger partial charge in [0.25, 0.3) is 10.0 Å².